The van der Waals surface area contributed by atoms with Gasteiger partial charge in [-0.1, -0.05) is 36.4 Å². The van der Waals surface area contributed by atoms with Crippen LogP contribution in [0.1, 0.15) is 11.1 Å². The van der Waals surface area contributed by atoms with Gasteiger partial charge in [0.05, 0.1) is 6.20 Å². The molecule has 3 rings (SSSR count). The number of hydrogen-bond donors (Lipinski definition) is 2. The number of halogens is 2. The summed E-state index contributed by atoms with van der Waals surface area (Å²) in [7, 11) is 0. The first-order valence-corrected chi connectivity index (χ1v) is 7.36. The molecular formula is C17H15F2N5. The molecule has 0 saturated carbocycles. The van der Waals surface area contributed by atoms with Crippen molar-refractivity contribution in [3.8, 4) is 0 Å². The molecule has 7 heteroatoms. The SMILES string of the molecule is Fc1ccccc1CNc1cnnc(NCc2ccccc2F)n1. The third kappa shape index (κ3) is 4.01. The average Bonchev–Trinajstić information content (AvgIpc) is 2.61. The second kappa shape index (κ2) is 7.45. The maximum atomic E-state index is 13.6. The van der Waals surface area contributed by atoms with E-state index in [1.54, 1.807) is 36.4 Å². The molecule has 0 aliphatic heterocycles. The van der Waals surface area contributed by atoms with Crippen molar-refractivity contribution in [1.82, 2.24) is 15.2 Å². The van der Waals surface area contributed by atoms with Gasteiger partial charge in [-0.2, -0.15) is 10.1 Å². The lowest BCUT2D eigenvalue weighted by Gasteiger charge is -2.08. The molecule has 0 fully saturated rings. The van der Waals surface area contributed by atoms with Crippen LogP contribution in [0.25, 0.3) is 0 Å². The van der Waals surface area contributed by atoms with E-state index in [1.807, 2.05) is 0 Å². The van der Waals surface area contributed by atoms with Crippen LogP contribution in [0, 0.1) is 11.6 Å². The first-order valence-electron chi connectivity index (χ1n) is 7.36. The molecule has 0 aliphatic carbocycles. The summed E-state index contributed by atoms with van der Waals surface area (Å²) in [5, 5.41) is 13.6. The minimum atomic E-state index is -0.299. The standard InChI is InChI=1S/C17H15F2N5/c18-14-7-3-1-5-12(14)9-20-16-11-22-24-17(23-16)21-10-13-6-2-4-8-15(13)19/h1-8,11H,9-10H2,(H2,20,21,23,24). The quantitative estimate of drug-likeness (QED) is 0.727. The third-order valence-electron chi connectivity index (χ3n) is 3.37. The highest BCUT2D eigenvalue weighted by atomic mass is 19.1. The van der Waals surface area contributed by atoms with Crippen LogP contribution in [0.2, 0.25) is 0 Å². The fourth-order valence-corrected chi connectivity index (χ4v) is 2.11. The zero-order valence-corrected chi connectivity index (χ0v) is 12.7. The molecule has 0 unspecified atom stereocenters. The lowest BCUT2D eigenvalue weighted by molar-refractivity contribution is 0.612. The van der Waals surface area contributed by atoms with E-state index in [9.17, 15) is 8.78 Å². The van der Waals surface area contributed by atoms with Crippen LogP contribution in [0.3, 0.4) is 0 Å². The monoisotopic (exact) mass is 327 g/mol. The number of rotatable bonds is 6. The van der Waals surface area contributed by atoms with Crippen molar-refractivity contribution >= 4 is 11.8 Å². The molecule has 0 saturated heterocycles. The predicted molar refractivity (Wildman–Crippen MR) is 87.3 cm³/mol. The maximum Gasteiger partial charge on any atom is 0.244 e. The van der Waals surface area contributed by atoms with Gasteiger partial charge in [0.2, 0.25) is 5.95 Å². The van der Waals surface area contributed by atoms with Crippen molar-refractivity contribution in [1.29, 1.82) is 0 Å². The number of nitrogens with one attached hydrogen (secondary N) is 2. The number of hydrogen-bond acceptors (Lipinski definition) is 5. The summed E-state index contributed by atoms with van der Waals surface area (Å²) < 4.78 is 27.2. The van der Waals surface area contributed by atoms with Crippen LogP contribution in [0.5, 0.6) is 0 Å². The molecule has 1 aromatic heterocycles. The topological polar surface area (TPSA) is 62.7 Å². The smallest absolute Gasteiger partial charge is 0.244 e. The van der Waals surface area contributed by atoms with E-state index in [0.717, 1.165) is 0 Å². The van der Waals surface area contributed by atoms with Crippen LogP contribution in [-0.2, 0) is 13.1 Å². The number of benzene rings is 2. The average molecular weight is 327 g/mol. The molecule has 122 valence electrons. The molecule has 2 aromatic carbocycles. The van der Waals surface area contributed by atoms with Crippen LogP contribution in [0.15, 0.2) is 54.7 Å². The minimum Gasteiger partial charge on any atom is -0.364 e. The summed E-state index contributed by atoms with van der Waals surface area (Å²) in [5.41, 5.74) is 1.03. The molecule has 3 aromatic rings. The zero-order chi connectivity index (χ0) is 16.8. The van der Waals surface area contributed by atoms with Gasteiger partial charge >= 0.3 is 0 Å². The van der Waals surface area contributed by atoms with Gasteiger partial charge in [-0.25, -0.2) is 8.78 Å². The lowest BCUT2D eigenvalue weighted by Crippen LogP contribution is -2.09. The molecule has 24 heavy (non-hydrogen) atoms. The molecule has 2 N–H and O–H groups in total. The van der Waals surface area contributed by atoms with Crippen LogP contribution in [-0.4, -0.2) is 15.2 Å². The third-order valence-corrected chi connectivity index (χ3v) is 3.37. The fourth-order valence-electron chi connectivity index (χ4n) is 2.11. The Balaban J connectivity index is 1.62. The summed E-state index contributed by atoms with van der Waals surface area (Å²) in [5.74, 6) is 0.123. The Hall–Kier alpha value is -3.09. The zero-order valence-electron chi connectivity index (χ0n) is 12.7. The Morgan fingerprint density at radius 3 is 2.00 bits per heavy atom. The van der Waals surface area contributed by atoms with Crippen LogP contribution < -0.4 is 10.6 Å². The van der Waals surface area contributed by atoms with Gasteiger partial charge < -0.3 is 10.6 Å². The Kier molecular flexibility index (Phi) is 4.90. The van der Waals surface area contributed by atoms with Gasteiger partial charge in [-0.3, -0.25) is 0 Å². The minimum absolute atomic E-state index is 0.241. The van der Waals surface area contributed by atoms with Crippen molar-refractivity contribution < 1.29 is 8.78 Å². The Morgan fingerprint density at radius 1 is 0.792 bits per heavy atom. The molecule has 5 nitrogen and oxygen atoms in total. The van der Waals surface area contributed by atoms with Crippen molar-refractivity contribution in [2.75, 3.05) is 10.6 Å². The van der Waals surface area contributed by atoms with Gasteiger partial charge in [-0.15, -0.1) is 5.10 Å². The first kappa shape index (κ1) is 15.8. The molecular weight excluding hydrogens is 312 g/mol. The fraction of sp³-hybridized carbons (Fsp3) is 0.118. The van der Waals surface area contributed by atoms with E-state index in [2.05, 4.69) is 25.8 Å². The van der Waals surface area contributed by atoms with Crippen molar-refractivity contribution in [3.05, 3.63) is 77.5 Å². The van der Waals surface area contributed by atoms with E-state index in [4.69, 9.17) is 0 Å². The second-order valence-electron chi connectivity index (χ2n) is 5.06. The molecule has 0 spiro atoms. The van der Waals surface area contributed by atoms with Crippen molar-refractivity contribution in [2.45, 2.75) is 13.1 Å². The van der Waals surface area contributed by atoms with E-state index in [0.29, 0.717) is 16.9 Å². The summed E-state index contributed by atoms with van der Waals surface area (Å²) >= 11 is 0. The molecule has 1 heterocycles. The van der Waals surface area contributed by atoms with E-state index in [-0.39, 0.29) is 30.7 Å². The second-order valence-corrected chi connectivity index (χ2v) is 5.06. The summed E-state index contributed by atoms with van der Waals surface area (Å²) in [6.07, 6.45) is 1.44. The summed E-state index contributed by atoms with van der Waals surface area (Å²) in [6, 6.07) is 12.9. The van der Waals surface area contributed by atoms with E-state index in [1.165, 1.54) is 18.3 Å². The van der Waals surface area contributed by atoms with Crippen LogP contribution in [0.4, 0.5) is 20.5 Å². The Bertz CT molecular complexity index is 761. The Labute approximate surface area is 137 Å². The highest BCUT2D eigenvalue weighted by Gasteiger charge is 2.05. The number of anilines is 2. The molecule has 0 atom stereocenters. The number of aromatic nitrogens is 3. The Morgan fingerprint density at radius 2 is 1.38 bits per heavy atom. The highest BCUT2D eigenvalue weighted by molar-refractivity contribution is 5.38. The molecule has 0 radical (unpaired) electrons. The first-order chi connectivity index (χ1) is 11.7. The number of nitrogens with zero attached hydrogens (tertiary/aromatic N) is 3. The van der Waals surface area contributed by atoms with Gasteiger partial charge in [0, 0.05) is 24.2 Å². The van der Waals surface area contributed by atoms with Gasteiger partial charge in [-0.05, 0) is 12.1 Å². The largest absolute Gasteiger partial charge is 0.364 e. The van der Waals surface area contributed by atoms with E-state index < -0.39 is 0 Å². The molecule has 0 aliphatic rings. The van der Waals surface area contributed by atoms with Crippen molar-refractivity contribution in [2.24, 2.45) is 0 Å². The van der Waals surface area contributed by atoms with Gasteiger partial charge in [0.1, 0.15) is 11.6 Å². The summed E-state index contributed by atoms with van der Waals surface area (Å²) in [6.45, 7) is 0.517. The van der Waals surface area contributed by atoms with Gasteiger partial charge in [0.25, 0.3) is 0 Å². The van der Waals surface area contributed by atoms with Crippen molar-refractivity contribution in [3.63, 3.8) is 0 Å². The summed E-state index contributed by atoms with van der Waals surface area (Å²) in [4.78, 5) is 4.22. The van der Waals surface area contributed by atoms with E-state index >= 15 is 0 Å². The normalized spacial score (nSPS) is 10.4. The lowest BCUT2D eigenvalue weighted by atomic mass is 10.2. The van der Waals surface area contributed by atoms with Gasteiger partial charge in [0.15, 0.2) is 5.82 Å². The predicted octanol–water partition coefficient (Wildman–Crippen LogP) is 3.37. The molecule has 0 amide bonds. The maximum absolute atomic E-state index is 13.6. The highest BCUT2D eigenvalue weighted by Crippen LogP contribution is 2.11. The van der Waals surface area contributed by atoms with Crippen LogP contribution >= 0.6 is 0 Å². The molecule has 0 bridgehead atoms.